The summed E-state index contributed by atoms with van der Waals surface area (Å²) in [4.78, 5) is 34.1. The van der Waals surface area contributed by atoms with Crippen LogP contribution < -0.4 is 0 Å². The molecule has 0 atom stereocenters. The third-order valence-corrected chi connectivity index (χ3v) is 26.8. The van der Waals surface area contributed by atoms with Gasteiger partial charge in [0.2, 0.25) is 0 Å². The molecule has 0 spiro atoms. The van der Waals surface area contributed by atoms with Crippen LogP contribution in [-0.4, -0.2) is 29.9 Å². The number of hydrogen-bond acceptors (Lipinski definition) is 8. The van der Waals surface area contributed by atoms with E-state index in [9.17, 15) is 10.5 Å². The second-order valence-corrected chi connectivity index (χ2v) is 36.2. The minimum absolute atomic E-state index is 0.145. The molecule has 0 radical (unpaired) electrons. The van der Waals surface area contributed by atoms with Gasteiger partial charge in [0.1, 0.15) is 0 Å². The van der Waals surface area contributed by atoms with Gasteiger partial charge in [-0.3, -0.25) is 0 Å². The molecule has 0 amide bonds. The minimum atomic E-state index is -0.197. The largest absolute Gasteiger partial charge is 0.238 e. The van der Waals surface area contributed by atoms with Crippen molar-refractivity contribution in [1.82, 2.24) is 29.9 Å². The fraction of sp³-hybridized carbons (Fsp3) is 0.0714. The zero-order valence-corrected chi connectivity index (χ0v) is 75.5. The Hall–Kier alpha value is -17.6. The second kappa shape index (κ2) is 35.4. The summed E-state index contributed by atoms with van der Waals surface area (Å²) in [6.07, 6.45) is 0. The first kappa shape index (κ1) is 84.3. The van der Waals surface area contributed by atoms with E-state index in [0.29, 0.717) is 34.3 Å². The fourth-order valence-electron chi connectivity index (χ4n) is 19.6. The molecule has 0 saturated carbocycles. The van der Waals surface area contributed by atoms with E-state index < -0.39 is 0 Å². The molecule has 0 fully saturated rings. The van der Waals surface area contributed by atoms with Gasteiger partial charge >= 0.3 is 0 Å². The molecule has 9 heteroatoms. The van der Waals surface area contributed by atoms with Crippen LogP contribution in [0, 0.1) is 29.2 Å². The fourth-order valence-corrected chi connectivity index (χ4v) is 19.6. The standard InChI is InChI=1S/2C44H31N3.C38H27N3/c1-44(2)38-19-11-18-36(42(38)37-25-24-35(45-3)27-39(37)44)33-16-10-17-34(26-33)43-46-40(31-14-8-5-9-15-31)28-41(47-43)32-22-20-30(21-23-32)29-12-6-4-7-13-29;1-44(2)39-23-16-29(28-45)24-38(39)37-22-21-35(26-40(37)44)34-14-9-15-36(25-34)42-27-41(46-43(47-42)33-12-7-4-8-13-33)32-19-17-31(18-20-32)30-10-5-3-6-11-30;1-38(2)33-19-16-25(24-39)20-32(33)31-18-17-29(22-34(31)38)28-14-9-15-30(21-28)36-23-35(26-10-5-3-6-11-26)40-37(41-36)27-12-7-4-8-13-27/h4-28H,1-2H3;3-27H,1-2H3;3-23H,1-2H3. The molecule has 0 unspecified atom stereocenters. The average Bonchev–Trinajstić information content (AvgIpc) is 1.68. The third kappa shape index (κ3) is 16.3. The topological polar surface area (TPSA) is 129 Å². The van der Waals surface area contributed by atoms with Gasteiger partial charge in [0.15, 0.2) is 23.2 Å². The van der Waals surface area contributed by atoms with Gasteiger partial charge in [0.05, 0.1) is 64.0 Å². The highest BCUT2D eigenvalue weighted by Crippen LogP contribution is 2.55. The second-order valence-electron chi connectivity index (χ2n) is 36.2. The van der Waals surface area contributed by atoms with Gasteiger partial charge in [0, 0.05) is 66.3 Å². The first-order chi connectivity index (χ1) is 66.0. The number of benzene rings is 17. The zero-order valence-electron chi connectivity index (χ0n) is 75.5. The molecule has 20 aromatic rings. The minimum Gasteiger partial charge on any atom is -0.238 e. The molecule has 3 aliphatic carbocycles. The van der Waals surface area contributed by atoms with Gasteiger partial charge in [-0.25, -0.2) is 34.7 Å². The lowest BCUT2D eigenvalue weighted by molar-refractivity contribution is 0.660. The van der Waals surface area contributed by atoms with E-state index in [2.05, 4.69) is 362 Å². The van der Waals surface area contributed by atoms with Crippen molar-refractivity contribution >= 4 is 5.69 Å². The van der Waals surface area contributed by atoms with E-state index in [0.717, 1.165) is 123 Å². The summed E-state index contributed by atoms with van der Waals surface area (Å²) in [6.45, 7) is 21.1. The predicted molar refractivity (Wildman–Crippen MR) is 551 cm³/mol. The Morgan fingerprint density at radius 2 is 0.489 bits per heavy atom. The molecular formula is C126H89N9. The highest BCUT2D eigenvalue weighted by Gasteiger charge is 2.40. The maximum absolute atomic E-state index is 9.52. The van der Waals surface area contributed by atoms with Crippen LogP contribution >= 0.6 is 0 Å². The van der Waals surface area contributed by atoms with Crippen molar-refractivity contribution in [2.45, 2.75) is 57.8 Å². The first-order valence-electron chi connectivity index (χ1n) is 45.6. The summed E-state index contributed by atoms with van der Waals surface area (Å²) < 4.78 is 0. The van der Waals surface area contributed by atoms with Crippen molar-refractivity contribution < 1.29 is 0 Å². The van der Waals surface area contributed by atoms with Crippen molar-refractivity contribution in [3.63, 3.8) is 0 Å². The molecule has 0 N–H and O–H groups in total. The number of aromatic nitrogens is 6. The molecule has 638 valence electrons. The van der Waals surface area contributed by atoms with Crippen LogP contribution in [0.4, 0.5) is 5.69 Å². The Morgan fingerprint density at radius 1 is 0.200 bits per heavy atom. The molecule has 3 heterocycles. The van der Waals surface area contributed by atoms with Gasteiger partial charge < -0.3 is 0 Å². The van der Waals surface area contributed by atoms with Crippen molar-refractivity contribution in [2.24, 2.45) is 0 Å². The quantitative estimate of drug-likeness (QED) is 0.0985. The normalized spacial score (nSPS) is 12.7. The van der Waals surface area contributed by atoms with Crippen LogP contribution in [0.1, 0.15) is 86.1 Å². The van der Waals surface area contributed by atoms with Crippen LogP contribution in [0.2, 0.25) is 0 Å². The Kier molecular flexibility index (Phi) is 22.1. The van der Waals surface area contributed by atoms with Gasteiger partial charge in [0.25, 0.3) is 0 Å². The summed E-state index contributed by atoms with van der Waals surface area (Å²) in [5.41, 5.74) is 42.4. The van der Waals surface area contributed by atoms with Crippen LogP contribution in [0.3, 0.4) is 0 Å². The van der Waals surface area contributed by atoms with Crippen molar-refractivity contribution in [2.75, 3.05) is 0 Å². The zero-order chi connectivity index (χ0) is 91.9. The Labute approximate surface area is 788 Å². The lowest BCUT2D eigenvalue weighted by Gasteiger charge is -2.22. The number of nitrogens with zero attached hydrogens (tertiary/aromatic N) is 9. The van der Waals surface area contributed by atoms with Crippen molar-refractivity contribution in [1.29, 1.82) is 10.5 Å². The van der Waals surface area contributed by atoms with E-state index in [1.54, 1.807) is 0 Å². The summed E-state index contributed by atoms with van der Waals surface area (Å²) in [5.74, 6) is 2.09. The maximum atomic E-state index is 9.52. The van der Waals surface area contributed by atoms with Gasteiger partial charge in [-0.15, -0.1) is 0 Å². The van der Waals surface area contributed by atoms with Crippen LogP contribution in [-0.2, 0) is 16.2 Å². The smallest absolute Gasteiger partial charge is 0.187 e. The molecule has 3 aromatic heterocycles. The van der Waals surface area contributed by atoms with E-state index in [1.165, 1.54) is 83.5 Å². The molecule has 135 heavy (non-hydrogen) atoms. The summed E-state index contributed by atoms with van der Waals surface area (Å²) in [5, 5.41) is 19.0. The van der Waals surface area contributed by atoms with Gasteiger partial charge in [-0.1, -0.05) is 399 Å². The first-order valence-corrected chi connectivity index (χ1v) is 45.6. The summed E-state index contributed by atoms with van der Waals surface area (Å²) in [6, 6.07) is 154. The number of rotatable bonds is 14. The molecule has 0 bridgehead atoms. The van der Waals surface area contributed by atoms with Crippen molar-refractivity contribution in [3.8, 4) is 203 Å². The molecule has 23 rings (SSSR count). The summed E-state index contributed by atoms with van der Waals surface area (Å²) in [7, 11) is 0. The Balaban J connectivity index is 0.000000122. The average molecular weight is 1730 g/mol. The molecule has 3 aliphatic rings. The Bertz CT molecular complexity index is 8050. The molecule has 0 aliphatic heterocycles. The lowest BCUT2D eigenvalue weighted by atomic mass is 9.81. The monoisotopic (exact) mass is 1730 g/mol. The Morgan fingerprint density at radius 3 is 0.896 bits per heavy atom. The van der Waals surface area contributed by atoms with E-state index in [1.807, 2.05) is 127 Å². The van der Waals surface area contributed by atoms with E-state index in [-0.39, 0.29) is 16.2 Å². The van der Waals surface area contributed by atoms with Gasteiger partial charge in [-0.2, -0.15) is 10.5 Å². The molecular weight excluding hydrogens is 1640 g/mol. The van der Waals surface area contributed by atoms with Crippen LogP contribution in [0.5, 0.6) is 0 Å². The molecule has 17 aromatic carbocycles. The van der Waals surface area contributed by atoms with Crippen molar-refractivity contribution in [3.05, 3.63) is 487 Å². The molecule has 9 nitrogen and oxygen atoms in total. The van der Waals surface area contributed by atoms with E-state index in [4.69, 9.17) is 36.5 Å². The van der Waals surface area contributed by atoms with E-state index >= 15 is 0 Å². The maximum Gasteiger partial charge on any atom is 0.187 e. The highest BCUT2D eigenvalue weighted by atomic mass is 14.9. The predicted octanol–water partition coefficient (Wildman–Crippen LogP) is 32.0. The SMILES string of the molecule is CC1(C)c2ccc(C#N)cc2-c2ccc(-c3cccc(-c4cc(-c5ccc(-c6ccccc6)cc5)nc(-c5ccccc5)n4)c3)cc21.CC1(C)c2ccc(C#N)cc2-c2ccc(-c3cccc(-c4cc(-c5ccccc5)nc(-c5ccccc5)n4)c3)cc21.[C-]#[N+]c1ccc2c(c1)C(C)(C)c1cccc(-c3cccc(-c4nc(-c5ccccc5)cc(-c5ccc(-c6ccccc6)cc5)n4)c3)c1-2. The summed E-state index contributed by atoms with van der Waals surface area (Å²) >= 11 is 0. The number of fused-ring (bicyclic) bond motifs is 9. The highest BCUT2D eigenvalue weighted by molar-refractivity contribution is 5.95. The number of hydrogen-bond donors (Lipinski definition) is 0. The third-order valence-electron chi connectivity index (χ3n) is 26.8. The van der Waals surface area contributed by atoms with Gasteiger partial charge in [-0.05, 0) is 195 Å². The number of nitriles is 2. The van der Waals surface area contributed by atoms with Crippen LogP contribution in [0.25, 0.3) is 196 Å². The van der Waals surface area contributed by atoms with Crippen LogP contribution in [0.15, 0.2) is 431 Å². The lowest BCUT2D eigenvalue weighted by Crippen LogP contribution is -2.15. The molecule has 0 saturated heterocycles.